The van der Waals surface area contributed by atoms with Crippen LogP contribution < -0.4 is 10.2 Å². The van der Waals surface area contributed by atoms with Crippen LogP contribution in [0.3, 0.4) is 0 Å². The number of rotatable bonds is 2. The summed E-state index contributed by atoms with van der Waals surface area (Å²) in [4.78, 5) is 7.06. The molecule has 0 bridgehead atoms. The third-order valence-electron chi connectivity index (χ3n) is 2.78. The molecule has 0 saturated carbocycles. The van der Waals surface area contributed by atoms with Crippen LogP contribution in [0, 0.1) is 0 Å². The molecule has 1 aromatic heterocycles. The molecule has 1 aromatic rings. The molecule has 17 heavy (non-hydrogen) atoms. The SMILES string of the molecule is CC(C)c1cccc(N2CCCC2)n1.CNC. The van der Waals surface area contributed by atoms with E-state index in [0.29, 0.717) is 5.92 Å². The Kier molecular flexibility index (Phi) is 5.98. The summed E-state index contributed by atoms with van der Waals surface area (Å²) in [6, 6.07) is 6.36. The highest BCUT2D eigenvalue weighted by Gasteiger charge is 2.13. The van der Waals surface area contributed by atoms with Gasteiger partial charge in [-0.25, -0.2) is 4.98 Å². The van der Waals surface area contributed by atoms with Gasteiger partial charge in [-0.2, -0.15) is 0 Å². The van der Waals surface area contributed by atoms with Gasteiger partial charge in [0.25, 0.3) is 0 Å². The minimum Gasteiger partial charge on any atom is -0.357 e. The van der Waals surface area contributed by atoms with Gasteiger partial charge in [0.05, 0.1) is 0 Å². The van der Waals surface area contributed by atoms with Crippen molar-refractivity contribution >= 4 is 5.82 Å². The van der Waals surface area contributed by atoms with E-state index in [1.807, 2.05) is 14.1 Å². The van der Waals surface area contributed by atoms with E-state index in [1.54, 1.807) is 0 Å². The minimum atomic E-state index is 0.526. The maximum Gasteiger partial charge on any atom is 0.128 e. The summed E-state index contributed by atoms with van der Waals surface area (Å²) in [7, 11) is 3.75. The molecule has 1 aliphatic heterocycles. The third-order valence-corrected chi connectivity index (χ3v) is 2.78. The summed E-state index contributed by atoms with van der Waals surface area (Å²) < 4.78 is 0. The van der Waals surface area contributed by atoms with E-state index in [4.69, 9.17) is 0 Å². The molecular weight excluding hydrogens is 210 g/mol. The molecule has 1 N–H and O–H groups in total. The minimum absolute atomic E-state index is 0.526. The Hall–Kier alpha value is -1.09. The van der Waals surface area contributed by atoms with E-state index < -0.39 is 0 Å². The van der Waals surface area contributed by atoms with Gasteiger partial charge in [-0.1, -0.05) is 19.9 Å². The first-order valence-corrected chi connectivity index (χ1v) is 6.49. The molecule has 0 amide bonds. The van der Waals surface area contributed by atoms with Gasteiger partial charge >= 0.3 is 0 Å². The lowest BCUT2D eigenvalue weighted by molar-refractivity contribution is 0.811. The Morgan fingerprint density at radius 3 is 2.29 bits per heavy atom. The molecule has 0 unspecified atom stereocenters. The first kappa shape index (κ1) is 14.0. The summed E-state index contributed by atoms with van der Waals surface area (Å²) in [5.41, 5.74) is 1.20. The van der Waals surface area contributed by atoms with Crippen molar-refractivity contribution in [1.29, 1.82) is 0 Å². The molecule has 2 heterocycles. The zero-order valence-electron chi connectivity index (χ0n) is 11.5. The van der Waals surface area contributed by atoms with Crippen LogP contribution in [0.2, 0.25) is 0 Å². The largest absolute Gasteiger partial charge is 0.357 e. The van der Waals surface area contributed by atoms with E-state index in [0.717, 1.165) is 5.82 Å². The molecule has 1 aliphatic rings. The number of hydrogen-bond donors (Lipinski definition) is 1. The fourth-order valence-electron chi connectivity index (χ4n) is 1.88. The molecule has 0 atom stereocenters. The third kappa shape index (κ3) is 4.35. The van der Waals surface area contributed by atoms with Crippen molar-refractivity contribution < 1.29 is 0 Å². The van der Waals surface area contributed by atoms with Crippen molar-refractivity contribution in [3.05, 3.63) is 23.9 Å². The monoisotopic (exact) mass is 235 g/mol. The Labute approximate surface area is 105 Å². The number of anilines is 1. The van der Waals surface area contributed by atoms with E-state index in [2.05, 4.69) is 47.2 Å². The second kappa shape index (κ2) is 7.28. The fourth-order valence-corrected chi connectivity index (χ4v) is 1.88. The van der Waals surface area contributed by atoms with E-state index in [9.17, 15) is 0 Å². The molecule has 2 rings (SSSR count). The van der Waals surface area contributed by atoms with Crippen molar-refractivity contribution in [3.63, 3.8) is 0 Å². The van der Waals surface area contributed by atoms with Gasteiger partial charge in [0.1, 0.15) is 5.82 Å². The molecule has 0 spiro atoms. The number of hydrogen-bond acceptors (Lipinski definition) is 3. The highest BCUT2D eigenvalue weighted by atomic mass is 15.2. The normalized spacial score (nSPS) is 14.8. The van der Waals surface area contributed by atoms with Crippen LogP contribution in [0.5, 0.6) is 0 Å². The van der Waals surface area contributed by atoms with Gasteiger partial charge in [-0.3, -0.25) is 0 Å². The van der Waals surface area contributed by atoms with Gasteiger partial charge in [0.2, 0.25) is 0 Å². The van der Waals surface area contributed by atoms with E-state index in [1.165, 1.54) is 31.6 Å². The Balaban J connectivity index is 0.000000437. The Morgan fingerprint density at radius 1 is 1.18 bits per heavy atom. The highest BCUT2D eigenvalue weighted by molar-refractivity contribution is 5.40. The molecule has 3 nitrogen and oxygen atoms in total. The van der Waals surface area contributed by atoms with Gasteiger partial charge in [0.15, 0.2) is 0 Å². The average Bonchev–Trinajstić information content (AvgIpc) is 2.84. The summed E-state index contributed by atoms with van der Waals surface area (Å²) >= 11 is 0. The molecule has 0 aliphatic carbocycles. The summed E-state index contributed by atoms with van der Waals surface area (Å²) in [5.74, 6) is 1.69. The summed E-state index contributed by atoms with van der Waals surface area (Å²) in [5, 5.41) is 2.75. The molecular formula is C14H25N3. The maximum absolute atomic E-state index is 4.68. The fraction of sp³-hybridized carbons (Fsp3) is 0.643. The topological polar surface area (TPSA) is 28.2 Å². The van der Waals surface area contributed by atoms with Crippen LogP contribution in [0.4, 0.5) is 5.82 Å². The Bertz CT molecular complexity index is 317. The summed E-state index contributed by atoms with van der Waals surface area (Å²) in [6.07, 6.45) is 2.63. The van der Waals surface area contributed by atoms with E-state index in [-0.39, 0.29) is 0 Å². The molecule has 1 saturated heterocycles. The van der Waals surface area contributed by atoms with Crippen molar-refractivity contribution in [1.82, 2.24) is 10.3 Å². The smallest absolute Gasteiger partial charge is 0.128 e. The van der Waals surface area contributed by atoms with Gasteiger partial charge in [-0.05, 0) is 45.0 Å². The average molecular weight is 235 g/mol. The van der Waals surface area contributed by atoms with Crippen LogP contribution in [-0.4, -0.2) is 32.2 Å². The van der Waals surface area contributed by atoms with Crippen molar-refractivity contribution in [2.75, 3.05) is 32.1 Å². The van der Waals surface area contributed by atoms with Crippen LogP contribution in [0.15, 0.2) is 18.2 Å². The van der Waals surface area contributed by atoms with Crippen LogP contribution in [0.1, 0.15) is 38.3 Å². The number of pyridine rings is 1. The van der Waals surface area contributed by atoms with E-state index >= 15 is 0 Å². The van der Waals surface area contributed by atoms with Gasteiger partial charge in [-0.15, -0.1) is 0 Å². The number of nitrogens with one attached hydrogen (secondary N) is 1. The zero-order valence-corrected chi connectivity index (χ0v) is 11.5. The first-order chi connectivity index (χ1) is 8.19. The Morgan fingerprint density at radius 2 is 1.76 bits per heavy atom. The van der Waals surface area contributed by atoms with Crippen molar-refractivity contribution in [3.8, 4) is 0 Å². The van der Waals surface area contributed by atoms with Gasteiger partial charge in [0, 0.05) is 18.8 Å². The highest BCUT2D eigenvalue weighted by Crippen LogP contribution is 2.20. The second-order valence-corrected chi connectivity index (χ2v) is 4.77. The molecule has 0 aromatic carbocycles. The predicted molar refractivity (Wildman–Crippen MR) is 74.8 cm³/mol. The molecule has 1 fully saturated rings. The van der Waals surface area contributed by atoms with Crippen LogP contribution in [0.25, 0.3) is 0 Å². The predicted octanol–water partition coefficient (Wildman–Crippen LogP) is 2.64. The van der Waals surface area contributed by atoms with Crippen LogP contribution >= 0.6 is 0 Å². The van der Waals surface area contributed by atoms with Gasteiger partial charge < -0.3 is 10.2 Å². The van der Waals surface area contributed by atoms with Crippen molar-refractivity contribution in [2.24, 2.45) is 0 Å². The summed E-state index contributed by atoms with van der Waals surface area (Å²) in [6.45, 7) is 6.73. The molecule has 3 heteroatoms. The number of nitrogens with zero attached hydrogens (tertiary/aromatic N) is 2. The lowest BCUT2D eigenvalue weighted by atomic mass is 10.1. The molecule has 0 radical (unpaired) electrons. The standard InChI is InChI=1S/C12H18N2.C2H7N/c1-10(2)11-6-5-7-12(13-11)14-8-3-4-9-14;1-3-2/h5-7,10H,3-4,8-9H2,1-2H3;3H,1-2H3. The molecule has 96 valence electrons. The van der Waals surface area contributed by atoms with Crippen molar-refractivity contribution in [2.45, 2.75) is 32.6 Å². The van der Waals surface area contributed by atoms with Crippen LogP contribution in [-0.2, 0) is 0 Å². The second-order valence-electron chi connectivity index (χ2n) is 4.77. The quantitative estimate of drug-likeness (QED) is 0.854. The lowest BCUT2D eigenvalue weighted by Gasteiger charge is -2.17. The first-order valence-electron chi connectivity index (χ1n) is 6.49. The lowest BCUT2D eigenvalue weighted by Crippen LogP contribution is -2.19. The zero-order chi connectivity index (χ0) is 12.7. The maximum atomic E-state index is 4.68. The number of aromatic nitrogens is 1.